The Hall–Kier alpha value is -3.42. The molecule has 0 radical (unpaired) electrons. The quantitative estimate of drug-likeness (QED) is 0.0744. The highest BCUT2D eigenvalue weighted by Gasteiger charge is 2.30. The van der Waals surface area contributed by atoms with E-state index in [0.29, 0.717) is 0 Å². The van der Waals surface area contributed by atoms with Gasteiger partial charge in [0.15, 0.2) is 5.96 Å². The van der Waals surface area contributed by atoms with Crippen molar-refractivity contribution >= 4 is 35.6 Å². The minimum absolute atomic E-state index is 0.0616. The molecule has 0 spiro atoms. The van der Waals surface area contributed by atoms with Crippen LogP contribution in [0.25, 0.3) is 0 Å². The largest absolute Gasteiger partial charge is 0.481 e. The lowest BCUT2D eigenvalue weighted by Gasteiger charge is -2.24. The molecule has 0 bridgehead atoms. The Balaban J connectivity index is 5.47. The molecule has 0 aliphatic rings. The van der Waals surface area contributed by atoms with Crippen LogP contribution in [0, 0.1) is 5.92 Å². The van der Waals surface area contributed by atoms with Crippen LogP contribution < -0.4 is 33.2 Å². The Morgan fingerprint density at radius 1 is 0.875 bits per heavy atom. The molecule has 0 aliphatic carbocycles. The highest BCUT2D eigenvalue weighted by molar-refractivity contribution is 5.95. The summed E-state index contributed by atoms with van der Waals surface area (Å²) in [5.74, 6) is -5.56. The van der Waals surface area contributed by atoms with Crippen LogP contribution >= 0.6 is 0 Å². The number of nitrogens with zero attached hydrogens (tertiary/aromatic N) is 1. The Morgan fingerprint density at radius 2 is 1.41 bits per heavy atom. The number of amides is 3. The van der Waals surface area contributed by atoms with Crippen LogP contribution in [0.3, 0.4) is 0 Å². The molecule has 0 aromatic heterocycles. The molecule has 14 heteroatoms. The molecular formula is C18H33N7O7. The Labute approximate surface area is 185 Å². The van der Waals surface area contributed by atoms with Crippen LogP contribution in [-0.2, 0) is 24.0 Å². The summed E-state index contributed by atoms with van der Waals surface area (Å²) in [6.07, 6.45) is -0.463. The van der Waals surface area contributed by atoms with Gasteiger partial charge in [-0.25, -0.2) is 0 Å². The van der Waals surface area contributed by atoms with Gasteiger partial charge in [0.05, 0.1) is 12.5 Å². The fraction of sp³-hybridized carbons (Fsp3) is 0.667. The molecule has 32 heavy (non-hydrogen) atoms. The van der Waals surface area contributed by atoms with E-state index in [-0.39, 0.29) is 31.3 Å². The third-order valence-corrected chi connectivity index (χ3v) is 4.34. The molecule has 4 unspecified atom stereocenters. The molecule has 0 aromatic rings. The van der Waals surface area contributed by atoms with Crippen molar-refractivity contribution in [3.05, 3.63) is 0 Å². The number of guanidine groups is 1. The molecule has 14 nitrogen and oxygen atoms in total. The predicted molar refractivity (Wildman–Crippen MR) is 114 cm³/mol. The van der Waals surface area contributed by atoms with Gasteiger partial charge in [0.1, 0.15) is 18.1 Å². The van der Waals surface area contributed by atoms with Crippen molar-refractivity contribution in [2.75, 3.05) is 6.54 Å². The van der Waals surface area contributed by atoms with Gasteiger partial charge in [0, 0.05) is 6.54 Å². The molecule has 0 aliphatic heterocycles. The van der Waals surface area contributed by atoms with Gasteiger partial charge in [-0.15, -0.1) is 0 Å². The number of carbonyl (C=O) groups is 5. The summed E-state index contributed by atoms with van der Waals surface area (Å²) >= 11 is 0. The first-order chi connectivity index (χ1) is 14.8. The standard InChI is InChI=1S/C18H33N7O7/c1-8(2)13(19)16(30)24-10(5-4-6-22-18(20)21)14(28)25-11(7-12(26)27)15(29)23-9(3)17(31)32/h8-11,13H,4-7,19H2,1-3H3,(H,23,29)(H,24,30)(H,25,28)(H,26,27)(H,31,32)(H4,20,21,22). The molecule has 0 heterocycles. The topological polar surface area (TPSA) is 252 Å². The summed E-state index contributed by atoms with van der Waals surface area (Å²) in [4.78, 5) is 63.3. The van der Waals surface area contributed by atoms with E-state index in [4.69, 9.17) is 27.4 Å². The first kappa shape index (κ1) is 28.6. The van der Waals surface area contributed by atoms with Crippen molar-refractivity contribution in [2.45, 2.75) is 64.2 Å². The van der Waals surface area contributed by atoms with Crippen molar-refractivity contribution < 1.29 is 34.2 Å². The van der Waals surface area contributed by atoms with Crippen molar-refractivity contribution in [3.8, 4) is 0 Å². The lowest BCUT2D eigenvalue weighted by molar-refractivity contribution is -0.143. The zero-order valence-corrected chi connectivity index (χ0v) is 18.3. The van der Waals surface area contributed by atoms with E-state index in [1.807, 2.05) is 0 Å². The SMILES string of the molecule is CC(NC(=O)C(CC(=O)O)NC(=O)C(CCCN=C(N)N)NC(=O)C(N)C(C)C)C(=O)O. The number of nitrogens with one attached hydrogen (secondary N) is 3. The fourth-order valence-corrected chi connectivity index (χ4v) is 2.38. The van der Waals surface area contributed by atoms with E-state index in [1.165, 1.54) is 6.92 Å². The maximum absolute atomic E-state index is 12.8. The van der Waals surface area contributed by atoms with E-state index >= 15 is 0 Å². The summed E-state index contributed by atoms with van der Waals surface area (Å²) in [6.45, 7) is 4.77. The predicted octanol–water partition coefficient (Wildman–Crippen LogP) is -2.94. The Kier molecular flexibility index (Phi) is 12.3. The minimum atomic E-state index is -1.57. The third-order valence-electron chi connectivity index (χ3n) is 4.34. The number of hydrogen-bond donors (Lipinski definition) is 8. The molecule has 0 saturated carbocycles. The zero-order valence-electron chi connectivity index (χ0n) is 18.3. The highest BCUT2D eigenvalue weighted by atomic mass is 16.4. The third kappa shape index (κ3) is 11.1. The molecule has 4 atom stereocenters. The molecule has 3 amide bonds. The summed E-state index contributed by atoms with van der Waals surface area (Å²) in [6, 6.07) is -4.95. The van der Waals surface area contributed by atoms with E-state index in [9.17, 15) is 24.0 Å². The van der Waals surface area contributed by atoms with Crippen LogP contribution in [-0.4, -0.2) is 76.5 Å². The minimum Gasteiger partial charge on any atom is -0.481 e. The molecule has 0 saturated heterocycles. The van der Waals surface area contributed by atoms with Crippen LogP contribution in [0.4, 0.5) is 0 Å². The van der Waals surface area contributed by atoms with Gasteiger partial charge >= 0.3 is 11.9 Å². The number of hydrogen-bond acceptors (Lipinski definition) is 7. The van der Waals surface area contributed by atoms with Crippen molar-refractivity contribution in [2.24, 2.45) is 28.1 Å². The Bertz CT molecular complexity index is 722. The molecular weight excluding hydrogens is 426 g/mol. The molecule has 0 rings (SSSR count). The summed E-state index contributed by atoms with van der Waals surface area (Å²) in [5.41, 5.74) is 16.3. The number of nitrogens with two attached hydrogens (primary N) is 3. The van der Waals surface area contributed by atoms with E-state index < -0.39 is 60.2 Å². The molecule has 182 valence electrons. The van der Waals surface area contributed by atoms with Crippen LogP contribution in [0.1, 0.15) is 40.0 Å². The van der Waals surface area contributed by atoms with Gasteiger partial charge in [-0.05, 0) is 25.7 Å². The smallest absolute Gasteiger partial charge is 0.325 e. The number of carboxylic acid groups (broad SMARTS) is 2. The first-order valence-corrected chi connectivity index (χ1v) is 9.92. The van der Waals surface area contributed by atoms with Gasteiger partial charge in [0.2, 0.25) is 17.7 Å². The molecule has 11 N–H and O–H groups in total. The van der Waals surface area contributed by atoms with Crippen LogP contribution in [0.5, 0.6) is 0 Å². The molecule has 0 aromatic carbocycles. The van der Waals surface area contributed by atoms with Gasteiger partial charge in [-0.2, -0.15) is 0 Å². The molecule has 0 fully saturated rings. The average molecular weight is 460 g/mol. The zero-order chi connectivity index (χ0) is 25.0. The summed E-state index contributed by atoms with van der Waals surface area (Å²) in [5, 5.41) is 24.8. The monoisotopic (exact) mass is 459 g/mol. The van der Waals surface area contributed by atoms with Crippen LogP contribution in [0.15, 0.2) is 4.99 Å². The fourth-order valence-electron chi connectivity index (χ4n) is 2.38. The number of aliphatic carboxylic acids is 2. The van der Waals surface area contributed by atoms with Gasteiger partial charge < -0.3 is 43.4 Å². The van der Waals surface area contributed by atoms with Crippen LogP contribution in [0.2, 0.25) is 0 Å². The Morgan fingerprint density at radius 3 is 1.88 bits per heavy atom. The summed E-state index contributed by atoms with van der Waals surface area (Å²) < 4.78 is 0. The summed E-state index contributed by atoms with van der Waals surface area (Å²) in [7, 11) is 0. The number of aliphatic imine (C=N–C) groups is 1. The second-order valence-corrected chi connectivity index (χ2v) is 7.51. The average Bonchev–Trinajstić information content (AvgIpc) is 2.67. The van der Waals surface area contributed by atoms with Crippen molar-refractivity contribution in [1.29, 1.82) is 0 Å². The normalized spacial score (nSPS) is 14.4. The van der Waals surface area contributed by atoms with Gasteiger partial charge in [0.25, 0.3) is 0 Å². The number of rotatable bonds is 14. The maximum atomic E-state index is 12.8. The van der Waals surface area contributed by atoms with Gasteiger partial charge in [-0.3, -0.25) is 29.0 Å². The maximum Gasteiger partial charge on any atom is 0.325 e. The number of carboxylic acids is 2. The lowest BCUT2D eigenvalue weighted by Crippen LogP contribution is -2.57. The number of carbonyl (C=O) groups excluding carboxylic acids is 3. The van der Waals surface area contributed by atoms with Gasteiger partial charge in [-0.1, -0.05) is 13.8 Å². The van der Waals surface area contributed by atoms with Crippen molar-refractivity contribution in [1.82, 2.24) is 16.0 Å². The lowest BCUT2D eigenvalue weighted by atomic mass is 10.0. The van der Waals surface area contributed by atoms with E-state index in [2.05, 4.69) is 20.9 Å². The first-order valence-electron chi connectivity index (χ1n) is 9.92. The van der Waals surface area contributed by atoms with Crippen molar-refractivity contribution in [3.63, 3.8) is 0 Å². The highest BCUT2D eigenvalue weighted by Crippen LogP contribution is 2.05. The van der Waals surface area contributed by atoms with E-state index in [0.717, 1.165) is 0 Å². The second kappa shape index (κ2) is 13.8. The second-order valence-electron chi connectivity index (χ2n) is 7.51. The van der Waals surface area contributed by atoms with E-state index in [1.54, 1.807) is 13.8 Å².